The third-order valence-corrected chi connectivity index (χ3v) is 3.68. The van der Waals surface area contributed by atoms with Gasteiger partial charge < -0.3 is 5.32 Å². The fraction of sp³-hybridized carbons (Fsp3) is 0.400. The van der Waals surface area contributed by atoms with Crippen LogP contribution in [-0.2, 0) is 4.79 Å². The second-order valence-electron chi connectivity index (χ2n) is 5.34. The number of urea groups is 1. The molecule has 0 aliphatic carbocycles. The molecule has 20 heavy (non-hydrogen) atoms. The molecule has 1 N–H and O–H groups in total. The van der Waals surface area contributed by atoms with Gasteiger partial charge in [0.2, 0.25) is 0 Å². The van der Waals surface area contributed by atoms with Gasteiger partial charge in [0.15, 0.2) is 0 Å². The molecule has 106 valence electrons. The van der Waals surface area contributed by atoms with Crippen molar-refractivity contribution < 1.29 is 9.59 Å². The van der Waals surface area contributed by atoms with Crippen LogP contribution in [0, 0.1) is 13.8 Å². The molecule has 1 aliphatic rings. The number of amides is 3. The predicted molar refractivity (Wildman–Crippen MR) is 77.6 cm³/mol. The first-order chi connectivity index (χ1) is 9.37. The molecule has 1 heterocycles. The summed E-state index contributed by atoms with van der Waals surface area (Å²) in [6.45, 7) is 7.55. The van der Waals surface area contributed by atoms with E-state index in [1.54, 1.807) is 13.1 Å². The first kappa shape index (κ1) is 14.2. The van der Waals surface area contributed by atoms with Crippen LogP contribution >= 0.6 is 0 Å². The molecular weight excluding hydrogens is 254 g/mol. The maximum absolute atomic E-state index is 12.2. The number of hydrazone groups is 1. The van der Waals surface area contributed by atoms with Gasteiger partial charge in [-0.3, -0.25) is 4.79 Å². The molecule has 3 amide bonds. The third-order valence-electron chi connectivity index (χ3n) is 3.68. The summed E-state index contributed by atoms with van der Waals surface area (Å²) in [5.74, 6) is -0.314. The molecule has 0 spiro atoms. The number of carbonyl (C=O) groups is 2. The van der Waals surface area contributed by atoms with Crippen molar-refractivity contribution in [1.82, 2.24) is 10.3 Å². The summed E-state index contributed by atoms with van der Waals surface area (Å²) in [6.07, 6.45) is 2.08. The van der Waals surface area contributed by atoms with Crippen molar-refractivity contribution in [3.05, 3.63) is 34.9 Å². The molecule has 1 saturated heterocycles. The van der Waals surface area contributed by atoms with E-state index in [9.17, 15) is 9.59 Å². The number of carbonyl (C=O) groups excluding carboxylic acids is 2. The lowest BCUT2D eigenvalue weighted by Gasteiger charge is -2.17. The van der Waals surface area contributed by atoms with E-state index in [2.05, 4.69) is 10.4 Å². The largest absolute Gasteiger partial charge is 0.346 e. The second kappa shape index (κ2) is 5.07. The van der Waals surface area contributed by atoms with E-state index in [1.807, 2.05) is 39.0 Å². The van der Waals surface area contributed by atoms with Crippen molar-refractivity contribution in [2.24, 2.45) is 5.10 Å². The smallest absolute Gasteiger partial charge is 0.322 e. The molecule has 5 heteroatoms. The number of hydrogen-bond acceptors (Lipinski definition) is 3. The van der Waals surface area contributed by atoms with E-state index in [0.717, 1.165) is 21.7 Å². The lowest BCUT2D eigenvalue weighted by atomic mass is 10.00. The van der Waals surface area contributed by atoms with Crippen LogP contribution in [-0.4, -0.2) is 28.7 Å². The van der Waals surface area contributed by atoms with Crippen molar-refractivity contribution in [3.8, 4) is 0 Å². The van der Waals surface area contributed by atoms with Gasteiger partial charge in [-0.05, 0) is 38.3 Å². The average molecular weight is 273 g/mol. The van der Waals surface area contributed by atoms with Crippen LogP contribution in [0.5, 0.6) is 0 Å². The minimum atomic E-state index is -0.850. The van der Waals surface area contributed by atoms with Gasteiger partial charge in [-0.25, -0.2) is 4.79 Å². The lowest BCUT2D eigenvalue weighted by Crippen LogP contribution is -2.42. The minimum Gasteiger partial charge on any atom is -0.322 e. The van der Waals surface area contributed by atoms with Crippen molar-refractivity contribution >= 4 is 18.2 Å². The molecule has 2 rings (SSSR count). The van der Waals surface area contributed by atoms with Gasteiger partial charge in [0, 0.05) is 0 Å². The maximum atomic E-state index is 12.2. The maximum Gasteiger partial charge on any atom is 0.346 e. The van der Waals surface area contributed by atoms with E-state index < -0.39 is 11.6 Å². The van der Waals surface area contributed by atoms with E-state index in [0.29, 0.717) is 6.42 Å². The number of nitrogens with one attached hydrogen (secondary N) is 1. The van der Waals surface area contributed by atoms with Crippen LogP contribution < -0.4 is 5.32 Å². The van der Waals surface area contributed by atoms with Gasteiger partial charge in [0.1, 0.15) is 5.54 Å². The number of benzene rings is 1. The number of rotatable bonds is 3. The zero-order chi connectivity index (χ0) is 14.9. The Bertz CT molecular complexity index is 595. The quantitative estimate of drug-likeness (QED) is 0.679. The van der Waals surface area contributed by atoms with Crippen LogP contribution in [0.3, 0.4) is 0 Å². The number of imide groups is 1. The average Bonchev–Trinajstić information content (AvgIpc) is 2.61. The Morgan fingerprint density at radius 2 is 2.05 bits per heavy atom. The first-order valence-corrected chi connectivity index (χ1v) is 6.65. The molecular formula is C15H19N3O2. The second-order valence-corrected chi connectivity index (χ2v) is 5.34. The van der Waals surface area contributed by atoms with Gasteiger partial charge in [-0.2, -0.15) is 5.10 Å². The standard InChI is InChI=1S/C15H19N3O2/c1-5-15(4)13(19)18(14(20)17-15)16-9-12-7-6-10(2)8-11(12)3/h6-9H,5H2,1-4H3,(H,17,20)/b16-9+. The Labute approximate surface area is 118 Å². The Morgan fingerprint density at radius 3 is 2.60 bits per heavy atom. The van der Waals surface area contributed by atoms with E-state index in [-0.39, 0.29) is 5.91 Å². The summed E-state index contributed by atoms with van der Waals surface area (Å²) in [5.41, 5.74) is 2.25. The molecule has 1 aromatic rings. The van der Waals surface area contributed by atoms with Gasteiger partial charge in [0.25, 0.3) is 5.91 Å². The van der Waals surface area contributed by atoms with Crippen molar-refractivity contribution in [1.29, 1.82) is 0 Å². The fourth-order valence-corrected chi connectivity index (χ4v) is 2.10. The molecule has 0 saturated carbocycles. The van der Waals surface area contributed by atoms with Crippen molar-refractivity contribution in [2.75, 3.05) is 0 Å². The summed E-state index contributed by atoms with van der Waals surface area (Å²) in [4.78, 5) is 24.0. The molecule has 0 aromatic heterocycles. The Balaban J connectivity index is 2.24. The van der Waals surface area contributed by atoms with Crippen molar-refractivity contribution in [3.63, 3.8) is 0 Å². The Kier molecular flexibility index (Phi) is 3.61. The molecule has 0 radical (unpaired) electrons. The van der Waals surface area contributed by atoms with Crippen LogP contribution in [0.1, 0.15) is 37.0 Å². The Hall–Kier alpha value is -2.17. The zero-order valence-electron chi connectivity index (χ0n) is 12.2. The topological polar surface area (TPSA) is 61.8 Å². The summed E-state index contributed by atoms with van der Waals surface area (Å²) in [7, 11) is 0. The molecule has 1 atom stereocenters. The predicted octanol–water partition coefficient (Wildman–Crippen LogP) is 2.36. The van der Waals surface area contributed by atoms with E-state index >= 15 is 0 Å². The Morgan fingerprint density at radius 1 is 1.35 bits per heavy atom. The summed E-state index contributed by atoms with van der Waals surface area (Å²) >= 11 is 0. The molecule has 0 bridgehead atoms. The van der Waals surface area contributed by atoms with Gasteiger partial charge in [-0.1, -0.05) is 30.7 Å². The monoisotopic (exact) mass is 273 g/mol. The highest BCUT2D eigenvalue weighted by Gasteiger charge is 2.46. The third kappa shape index (κ3) is 2.43. The van der Waals surface area contributed by atoms with Gasteiger partial charge >= 0.3 is 6.03 Å². The van der Waals surface area contributed by atoms with Crippen LogP contribution in [0.4, 0.5) is 4.79 Å². The number of aryl methyl sites for hydroxylation is 2. The van der Waals surface area contributed by atoms with E-state index in [4.69, 9.17) is 0 Å². The zero-order valence-corrected chi connectivity index (χ0v) is 12.2. The van der Waals surface area contributed by atoms with Crippen LogP contribution in [0.2, 0.25) is 0 Å². The first-order valence-electron chi connectivity index (χ1n) is 6.65. The summed E-state index contributed by atoms with van der Waals surface area (Å²) < 4.78 is 0. The number of hydrogen-bond donors (Lipinski definition) is 1. The fourth-order valence-electron chi connectivity index (χ4n) is 2.10. The SMILES string of the molecule is CCC1(C)NC(=O)N(/N=C/c2ccc(C)cc2C)C1=O. The number of nitrogens with zero attached hydrogens (tertiary/aromatic N) is 2. The minimum absolute atomic E-state index is 0.314. The normalized spacial score (nSPS) is 22.7. The van der Waals surface area contributed by atoms with Gasteiger partial charge in [-0.15, -0.1) is 5.01 Å². The molecule has 1 unspecified atom stereocenters. The van der Waals surface area contributed by atoms with E-state index in [1.165, 1.54) is 0 Å². The van der Waals surface area contributed by atoms with Crippen LogP contribution in [0.15, 0.2) is 23.3 Å². The van der Waals surface area contributed by atoms with Crippen molar-refractivity contribution in [2.45, 2.75) is 39.7 Å². The summed E-state index contributed by atoms with van der Waals surface area (Å²) in [5, 5.41) is 7.61. The highest BCUT2D eigenvalue weighted by molar-refractivity contribution is 6.07. The van der Waals surface area contributed by atoms with Crippen LogP contribution in [0.25, 0.3) is 0 Å². The molecule has 5 nitrogen and oxygen atoms in total. The molecule has 1 fully saturated rings. The highest BCUT2D eigenvalue weighted by atomic mass is 16.2. The van der Waals surface area contributed by atoms with Gasteiger partial charge in [0.05, 0.1) is 6.21 Å². The lowest BCUT2D eigenvalue weighted by molar-refractivity contribution is -0.130. The molecule has 1 aliphatic heterocycles. The molecule has 1 aromatic carbocycles. The summed E-state index contributed by atoms with van der Waals surface area (Å²) in [6, 6.07) is 5.45. The highest BCUT2D eigenvalue weighted by Crippen LogP contribution is 2.21.